The second kappa shape index (κ2) is 5.09. The van der Waals surface area contributed by atoms with Gasteiger partial charge in [-0.2, -0.15) is 5.26 Å². The summed E-state index contributed by atoms with van der Waals surface area (Å²) in [6.07, 6.45) is 1.88. The molecule has 4 nitrogen and oxygen atoms in total. The van der Waals surface area contributed by atoms with Gasteiger partial charge < -0.3 is 10.0 Å². The Morgan fingerprint density at radius 2 is 2.22 bits per heavy atom. The number of carboxylic acid groups (broad SMARTS) is 1. The van der Waals surface area contributed by atoms with Gasteiger partial charge in [0.1, 0.15) is 12.1 Å². The van der Waals surface area contributed by atoms with Crippen LogP contribution in [0, 0.1) is 17.2 Å². The predicted octanol–water partition coefficient (Wildman–Crippen LogP) is 2.25. The van der Waals surface area contributed by atoms with E-state index in [1.165, 1.54) is 0 Å². The number of nitriles is 1. The molecule has 1 aliphatic rings. The van der Waals surface area contributed by atoms with Gasteiger partial charge in [0.15, 0.2) is 0 Å². The molecule has 2 unspecified atom stereocenters. The van der Waals surface area contributed by atoms with E-state index < -0.39 is 12.0 Å². The highest BCUT2D eigenvalue weighted by atomic mass is 16.4. The van der Waals surface area contributed by atoms with Crippen molar-refractivity contribution in [3.8, 4) is 6.07 Å². The number of hydrogen-bond acceptors (Lipinski definition) is 3. The van der Waals surface area contributed by atoms with E-state index >= 15 is 0 Å². The number of piperidine rings is 1. The Kier molecular flexibility index (Phi) is 3.52. The Bertz CT molecular complexity index is 493. The lowest BCUT2D eigenvalue weighted by molar-refractivity contribution is -0.140. The van der Waals surface area contributed by atoms with E-state index in [0.29, 0.717) is 12.1 Å². The summed E-state index contributed by atoms with van der Waals surface area (Å²) in [7, 11) is 0. The third-order valence-corrected chi connectivity index (χ3v) is 3.52. The number of aliphatic carboxylic acids is 1. The van der Waals surface area contributed by atoms with E-state index in [1.807, 2.05) is 24.0 Å². The van der Waals surface area contributed by atoms with Crippen LogP contribution in [0.3, 0.4) is 0 Å². The van der Waals surface area contributed by atoms with E-state index in [1.54, 1.807) is 12.1 Å². The second-order valence-corrected chi connectivity index (χ2v) is 4.72. The molecular formula is C14H16N2O2. The molecule has 1 N–H and O–H groups in total. The Morgan fingerprint density at radius 1 is 1.50 bits per heavy atom. The van der Waals surface area contributed by atoms with Gasteiger partial charge in [-0.1, -0.05) is 19.1 Å². The minimum atomic E-state index is -0.810. The third-order valence-electron chi connectivity index (χ3n) is 3.52. The maximum Gasteiger partial charge on any atom is 0.326 e. The van der Waals surface area contributed by atoms with Gasteiger partial charge in [-0.15, -0.1) is 0 Å². The lowest BCUT2D eigenvalue weighted by atomic mass is 9.90. The van der Waals surface area contributed by atoms with E-state index in [0.717, 1.165) is 18.5 Å². The van der Waals surface area contributed by atoms with E-state index in [2.05, 4.69) is 6.07 Å². The number of anilines is 1. The van der Waals surface area contributed by atoms with Crippen LogP contribution in [0.4, 0.5) is 5.69 Å². The number of carbonyl (C=O) groups is 1. The first-order valence-corrected chi connectivity index (χ1v) is 6.13. The Balaban J connectivity index is 2.41. The molecule has 1 aromatic carbocycles. The lowest BCUT2D eigenvalue weighted by Gasteiger charge is -2.39. The van der Waals surface area contributed by atoms with Crippen LogP contribution in [0.25, 0.3) is 0 Å². The van der Waals surface area contributed by atoms with Crippen molar-refractivity contribution in [1.29, 1.82) is 5.26 Å². The molecule has 0 bridgehead atoms. The van der Waals surface area contributed by atoms with Crippen molar-refractivity contribution in [2.75, 3.05) is 11.4 Å². The average molecular weight is 244 g/mol. The standard InChI is InChI=1S/C14H16N2O2/c1-10-5-4-8-16(13(10)14(17)18)12-7-3-2-6-11(12)9-15/h2-3,6-7,10,13H,4-5,8H2,1H3,(H,17,18). The maximum atomic E-state index is 11.4. The van der Waals surface area contributed by atoms with Gasteiger partial charge >= 0.3 is 5.97 Å². The lowest BCUT2D eigenvalue weighted by Crippen LogP contribution is -2.49. The molecule has 94 valence electrons. The minimum Gasteiger partial charge on any atom is -0.480 e. The van der Waals surface area contributed by atoms with Crippen LogP contribution < -0.4 is 4.90 Å². The van der Waals surface area contributed by atoms with Gasteiger partial charge in [-0.05, 0) is 30.9 Å². The molecule has 0 aliphatic carbocycles. The zero-order valence-electron chi connectivity index (χ0n) is 10.3. The highest BCUT2D eigenvalue weighted by Gasteiger charge is 2.35. The van der Waals surface area contributed by atoms with Crippen LogP contribution in [0.2, 0.25) is 0 Å². The molecule has 0 amide bonds. The average Bonchev–Trinajstić information content (AvgIpc) is 2.38. The molecule has 1 saturated heterocycles. The smallest absolute Gasteiger partial charge is 0.326 e. The molecule has 0 radical (unpaired) electrons. The topological polar surface area (TPSA) is 64.3 Å². The first-order valence-electron chi connectivity index (χ1n) is 6.13. The fourth-order valence-corrected chi connectivity index (χ4v) is 2.65. The van der Waals surface area contributed by atoms with Crippen molar-refractivity contribution in [1.82, 2.24) is 0 Å². The first kappa shape index (κ1) is 12.4. The van der Waals surface area contributed by atoms with Crippen LogP contribution in [0.1, 0.15) is 25.3 Å². The molecule has 1 heterocycles. The third kappa shape index (κ3) is 2.17. The number of benzene rings is 1. The monoisotopic (exact) mass is 244 g/mol. The van der Waals surface area contributed by atoms with Crippen LogP contribution >= 0.6 is 0 Å². The Labute approximate surface area is 106 Å². The summed E-state index contributed by atoms with van der Waals surface area (Å²) in [4.78, 5) is 13.3. The molecule has 18 heavy (non-hydrogen) atoms. The fourth-order valence-electron chi connectivity index (χ4n) is 2.65. The zero-order valence-corrected chi connectivity index (χ0v) is 10.3. The van der Waals surface area contributed by atoms with Gasteiger partial charge in [-0.25, -0.2) is 4.79 Å². The quantitative estimate of drug-likeness (QED) is 0.866. The number of hydrogen-bond donors (Lipinski definition) is 1. The molecule has 1 aliphatic heterocycles. The Hall–Kier alpha value is -2.02. The summed E-state index contributed by atoms with van der Waals surface area (Å²) in [6, 6.07) is 8.79. The van der Waals surface area contributed by atoms with Crippen molar-refractivity contribution in [3.63, 3.8) is 0 Å². The molecule has 2 rings (SSSR count). The van der Waals surface area contributed by atoms with E-state index in [9.17, 15) is 9.90 Å². The molecule has 2 atom stereocenters. The highest BCUT2D eigenvalue weighted by Crippen LogP contribution is 2.30. The molecule has 1 fully saturated rings. The van der Waals surface area contributed by atoms with Crippen molar-refractivity contribution < 1.29 is 9.90 Å². The second-order valence-electron chi connectivity index (χ2n) is 4.72. The summed E-state index contributed by atoms with van der Waals surface area (Å²) < 4.78 is 0. The van der Waals surface area contributed by atoms with Gasteiger partial charge in [0.25, 0.3) is 0 Å². The minimum absolute atomic E-state index is 0.1000. The Morgan fingerprint density at radius 3 is 2.89 bits per heavy atom. The van der Waals surface area contributed by atoms with Gasteiger partial charge in [0, 0.05) is 6.54 Å². The molecule has 0 saturated carbocycles. The summed E-state index contributed by atoms with van der Waals surface area (Å²) in [5.41, 5.74) is 1.27. The van der Waals surface area contributed by atoms with Crippen molar-refractivity contribution in [3.05, 3.63) is 29.8 Å². The van der Waals surface area contributed by atoms with Crippen LogP contribution in [0.5, 0.6) is 0 Å². The summed E-state index contributed by atoms with van der Waals surface area (Å²) in [5.74, 6) is -0.710. The van der Waals surface area contributed by atoms with Gasteiger partial charge in [0.2, 0.25) is 0 Å². The first-order chi connectivity index (χ1) is 8.65. The normalized spacial score (nSPS) is 23.4. The number of carboxylic acids is 1. The summed E-state index contributed by atoms with van der Waals surface area (Å²) >= 11 is 0. The zero-order chi connectivity index (χ0) is 13.1. The molecule has 1 aromatic rings. The van der Waals surface area contributed by atoms with Gasteiger partial charge in [-0.3, -0.25) is 0 Å². The van der Waals surface area contributed by atoms with E-state index in [-0.39, 0.29) is 5.92 Å². The molecule has 0 spiro atoms. The molecule has 0 aromatic heterocycles. The SMILES string of the molecule is CC1CCCN(c2ccccc2C#N)C1C(=O)O. The number of rotatable bonds is 2. The molecule has 4 heteroatoms. The molecular weight excluding hydrogens is 228 g/mol. The predicted molar refractivity (Wildman–Crippen MR) is 68.3 cm³/mol. The van der Waals surface area contributed by atoms with Crippen LogP contribution in [0.15, 0.2) is 24.3 Å². The van der Waals surface area contributed by atoms with Crippen molar-refractivity contribution >= 4 is 11.7 Å². The summed E-state index contributed by atoms with van der Waals surface area (Å²) in [6.45, 7) is 2.65. The largest absolute Gasteiger partial charge is 0.480 e. The maximum absolute atomic E-state index is 11.4. The number of nitrogens with zero attached hydrogens (tertiary/aromatic N) is 2. The number of para-hydroxylation sites is 1. The summed E-state index contributed by atoms with van der Waals surface area (Å²) in [5, 5.41) is 18.5. The van der Waals surface area contributed by atoms with Crippen molar-refractivity contribution in [2.24, 2.45) is 5.92 Å². The van der Waals surface area contributed by atoms with E-state index in [4.69, 9.17) is 5.26 Å². The van der Waals surface area contributed by atoms with Gasteiger partial charge in [0.05, 0.1) is 11.3 Å². The fraction of sp³-hybridized carbons (Fsp3) is 0.429. The van der Waals surface area contributed by atoms with Crippen molar-refractivity contribution in [2.45, 2.75) is 25.8 Å². The highest BCUT2D eigenvalue weighted by molar-refractivity contribution is 5.80. The van der Waals surface area contributed by atoms with Crippen LogP contribution in [-0.4, -0.2) is 23.7 Å². The van der Waals surface area contributed by atoms with Crippen LogP contribution in [-0.2, 0) is 4.79 Å².